The fourth-order valence-corrected chi connectivity index (χ4v) is 8.24. The normalized spacial score (nSPS) is 12.6. The number of benzene rings is 8. The molecule has 0 saturated heterocycles. The molecule has 0 fully saturated rings. The molecule has 0 N–H and O–H groups in total. The van der Waals surface area contributed by atoms with E-state index in [9.17, 15) is 0 Å². The molecule has 252 valence electrons. The first-order valence-corrected chi connectivity index (χ1v) is 18.5. The molecular formula is C50H43BO. The third kappa shape index (κ3) is 5.41. The topological polar surface area (TPSA) is 9.23 Å². The van der Waals surface area contributed by atoms with Gasteiger partial charge in [-0.25, -0.2) is 0 Å². The second-order valence-corrected chi connectivity index (χ2v) is 16.6. The van der Waals surface area contributed by atoms with Crippen LogP contribution in [0.5, 0.6) is 11.5 Å². The van der Waals surface area contributed by atoms with Crippen molar-refractivity contribution in [1.29, 1.82) is 0 Å². The highest BCUT2D eigenvalue weighted by atomic mass is 16.5. The van der Waals surface area contributed by atoms with Crippen molar-refractivity contribution in [3.63, 3.8) is 0 Å². The molecular weight excluding hydrogens is 627 g/mol. The van der Waals surface area contributed by atoms with Crippen molar-refractivity contribution < 1.29 is 4.74 Å². The highest BCUT2D eigenvalue weighted by molar-refractivity contribution is 6.95. The van der Waals surface area contributed by atoms with Crippen LogP contribution in [0.25, 0.3) is 54.6 Å². The highest BCUT2D eigenvalue weighted by Crippen LogP contribution is 2.50. The van der Waals surface area contributed by atoms with E-state index in [0.29, 0.717) is 0 Å². The minimum atomic E-state index is 0.107. The summed E-state index contributed by atoms with van der Waals surface area (Å²) in [5.41, 5.74) is 11.7. The first-order valence-electron chi connectivity index (χ1n) is 18.5. The SMILES string of the molecule is CC(C)(C)c1ccc(B(c2ccc(-c3cc4c5cccc6c5c(cc4c4ccccc34)-c3ccccc3O6)cc2)c2ccc(C(C)(C)C)cc2)cc1. The van der Waals surface area contributed by atoms with E-state index in [0.717, 1.165) is 17.1 Å². The van der Waals surface area contributed by atoms with Crippen molar-refractivity contribution in [2.24, 2.45) is 0 Å². The number of hydrogen-bond acceptors (Lipinski definition) is 1. The molecule has 0 bridgehead atoms. The summed E-state index contributed by atoms with van der Waals surface area (Å²) in [6, 6.07) is 56.5. The van der Waals surface area contributed by atoms with Crippen LogP contribution >= 0.6 is 0 Å². The number of rotatable bonds is 4. The van der Waals surface area contributed by atoms with E-state index in [1.807, 2.05) is 6.07 Å². The molecule has 0 amide bonds. The van der Waals surface area contributed by atoms with Crippen molar-refractivity contribution in [2.45, 2.75) is 52.4 Å². The zero-order chi connectivity index (χ0) is 35.8. The third-order valence-corrected chi connectivity index (χ3v) is 11.1. The van der Waals surface area contributed by atoms with Gasteiger partial charge in [0, 0.05) is 10.9 Å². The fourth-order valence-electron chi connectivity index (χ4n) is 8.24. The molecule has 0 saturated carbocycles. The van der Waals surface area contributed by atoms with Crippen LogP contribution in [0.4, 0.5) is 0 Å². The number of fused-ring (bicyclic) bond motifs is 6. The molecule has 0 aliphatic carbocycles. The van der Waals surface area contributed by atoms with Crippen LogP contribution in [-0.2, 0) is 10.8 Å². The Labute approximate surface area is 308 Å². The molecule has 0 aromatic heterocycles. The Morgan fingerprint density at radius 1 is 0.385 bits per heavy atom. The molecule has 1 aliphatic heterocycles. The number of ether oxygens (including phenoxy) is 1. The summed E-state index contributed by atoms with van der Waals surface area (Å²) in [5.74, 6) is 1.83. The third-order valence-electron chi connectivity index (χ3n) is 11.1. The summed E-state index contributed by atoms with van der Waals surface area (Å²) < 4.78 is 6.46. The van der Waals surface area contributed by atoms with Crippen LogP contribution in [0.2, 0.25) is 0 Å². The molecule has 1 aliphatic rings. The van der Waals surface area contributed by atoms with Gasteiger partial charge in [0.15, 0.2) is 0 Å². The van der Waals surface area contributed by atoms with E-state index < -0.39 is 0 Å². The van der Waals surface area contributed by atoms with Gasteiger partial charge in [-0.2, -0.15) is 0 Å². The molecule has 8 aromatic carbocycles. The Morgan fingerprint density at radius 2 is 0.865 bits per heavy atom. The minimum absolute atomic E-state index is 0.107. The molecule has 0 atom stereocenters. The summed E-state index contributed by atoms with van der Waals surface area (Å²) in [6.45, 7) is 13.8. The largest absolute Gasteiger partial charge is 0.456 e. The van der Waals surface area contributed by atoms with Crippen LogP contribution in [0.1, 0.15) is 52.7 Å². The van der Waals surface area contributed by atoms with Crippen LogP contribution in [0, 0.1) is 0 Å². The second kappa shape index (κ2) is 12.0. The summed E-state index contributed by atoms with van der Waals surface area (Å²) in [6.07, 6.45) is 0. The van der Waals surface area contributed by atoms with Gasteiger partial charge >= 0.3 is 0 Å². The minimum Gasteiger partial charge on any atom is -0.456 e. The molecule has 1 heterocycles. The fraction of sp³-hybridized carbons (Fsp3) is 0.160. The molecule has 52 heavy (non-hydrogen) atoms. The summed E-state index contributed by atoms with van der Waals surface area (Å²) in [7, 11) is 0. The van der Waals surface area contributed by atoms with Gasteiger partial charge in [-0.15, -0.1) is 0 Å². The molecule has 1 nitrogen and oxygen atoms in total. The maximum atomic E-state index is 6.46. The highest BCUT2D eigenvalue weighted by Gasteiger charge is 2.25. The average molecular weight is 671 g/mol. The predicted octanol–water partition coefficient (Wildman–Crippen LogP) is 11.7. The van der Waals surface area contributed by atoms with Crippen LogP contribution in [0.15, 0.2) is 152 Å². The Hall–Kier alpha value is -5.60. The smallest absolute Gasteiger partial charge is 0.241 e. The van der Waals surface area contributed by atoms with Gasteiger partial charge in [0.05, 0.1) is 0 Å². The van der Waals surface area contributed by atoms with Gasteiger partial charge in [0.1, 0.15) is 11.5 Å². The average Bonchev–Trinajstić information content (AvgIpc) is 3.15. The lowest BCUT2D eigenvalue weighted by atomic mass is 9.36. The van der Waals surface area contributed by atoms with E-state index in [4.69, 9.17) is 4.74 Å². The molecule has 9 rings (SSSR count). The van der Waals surface area contributed by atoms with E-state index in [-0.39, 0.29) is 17.5 Å². The Balaban J connectivity index is 1.20. The zero-order valence-electron chi connectivity index (χ0n) is 30.9. The first kappa shape index (κ1) is 32.3. The van der Waals surface area contributed by atoms with Gasteiger partial charge in [0.2, 0.25) is 6.71 Å². The Kier molecular flexibility index (Phi) is 7.45. The Morgan fingerprint density at radius 3 is 1.48 bits per heavy atom. The van der Waals surface area contributed by atoms with Crippen molar-refractivity contribution in [1.82, 2.24) is 0 Å². The summed E-state index contributed by atoms with van der Waals surface area (Å²) in [4.78, 5) is 0. The standard InChI is InChI=1S/C50H43BO/c1-49(2,3)33-20-26-36(27-21-33)51(37-28-22-34(23-29-37)50(4,5)6)35-24-18-32(19-25-35)42-30-44-41-15-11-17-47-48(41)45(40-14-9-10-16-46(40)52-47)31-43(44)39-13-8-7-12-38(39)42/h7-31H,1-6H3. The summed E-state index contributed by atoms with van der Waals surface area (Å²) in [5, 5.41) is 7.45. The zero-order valence-corrected chi connectivity index (χ0v) is 30.9. The molecule has 8 aromatic rings. The lowest BCUT2D eigenvalue weighted by Gasteiger charge is -2.23. The second-order valence-electron chi connectivity index (χ2n) is 16.6. The molecule has 0 spiro atoms. The molecule has 0 unspecified atom stereocenters. The van der Waals surface area contributed by atoms with Gasteiger partial charge in [-0.3, -0.25) is 0 Å². The lowest BCUT2D eigenvalue weighted by Crippen LogP contribution is -2.52. The molecule has 0 radical (unpaired) electrons. The van der Waals surface area contributed by atoms with Gasteiger partial charge in [0.25, 0.3) is 0 Å². The monoisotopic (exact) mass is 670 g/mol. The number of para-hydroxylation sites is 1. The Bertz CT molecular complexity index is 2580. The predicted molar refractivity (Wildman–Crippen MR) is 225 cm³/mol. The first-order chi connectivity index (χ1) is 25.0. The van der Waals surface area contributed by atoms with E-state index in [2.05, 4.69) is 187 Å². The van der Waals surface area contributed by atoms with Gasteiger partial charge < -0.3 is 4.74 Å². The number of hydrogen-bond donors (Lipinski definition) is 0. The van der Waals surface area contributed by atoms with Crippen molar-refractivity contribution >= 4 is 55.4 Å². The van der Waals surface area contributed by atoms with Crippen molar-refractivity contribution in [3.05, 3.63) is 163 Å². The summed E-state index contributed by atoms with van der Waals surface area (Å²) >= 11 is 0. The van der Waals surface area contributed by atoms with Gasteiger partial charge in [-0.05, 0) is 89.8 Å². The van der Waals surface area contributed by atoms with Crippen LogP contribution < -0.4 is 21.1 Å². The lowest BCUT2D eigenvalue weighted by molar-refractivity contribution is 0.487. The van der Waals surface area contributed by atoms with E-state index in [1.165, 1.54) is 76.5 Å². The molecule has 2 heteroatoms. The maximum absolute atomic E-state index is 6.46. The van der Waals surface area contributed by atoms with Crippen molar-refractivity contribution in [2.75, 3.05) is 0 Å². The van der Waals surface area contributed by atoms with Crippen LogP contribution in [-0.4, -0.2) is 6.71 Å². The van der Waals surface area contributed by atoms with E-state index >= 15 is 0 Å². The van der Waals surface area contributed by atoms with Gasteiger partial charge in [-0.1, -0.05) is 185 Å². The van der Waals surface area contributed by atoms with Crippen LogP contribution in [0.3, 0.4) is 0 Å². The van der Waals surface area contributed by atoms with E-state index in [1.54, 1.807) is 0 Å². The van der Waals surface area contributed by atoms with Crippen molar-refractivity contribution in [3.8, 4) is 33.8 Å². The maximum Gasteiger partial charge on any atom is 0.241 e. The quantitative estimate of drug-likeness (QED) is 0.134.